The van der Waals surface area contributed by atoms with E-state index in [-0.39, 0.29) is 22.3 Å². The third-order valence-corrected chi connectivity index (χ3v) is 5.51. The monoisotopic (exact) mass is 507 g/mol. The average molecular weight is 508 g/mol. The van der Waals surface area contributed by atoms with Crippen LogP contribution in [0.15, 0.2) is 66.7 Å². The summed E-state index contributed by atoms with van der Waals surface area (Å²) >= 11 is 6.07. The smallest absolute Gasteiger partial charge is 0.336 e. The number of aromatic nitrogens is 3. The van der Waals surface area contributed by atoms with Crippen molar-refractivity contribution in [2.24, 2.45) is 0 Å². The largest absolute Gasteiger partial charge is 0.460 e. The van der Waals surface area contributed by atoms with E-state index in [1.54, 1.807) is 36.1 Å². The molecule has 0 bridgehead atoms. The number of anilines is 1. The zero-order chi connectivity index (χ0) is 25.7. The molecule has 0 radical (unpaired) electrons. The van der Waals surface area contributed by atoms with Crippen LogP contribution in [0.4, 0.5) is 11.4 Å². The molecule has 0 aliphatic rings. The number of nitrogens with one attached hydrogen (secondary N) is 1. The number of methoxy groups -OCH3 is 1. The molecule has 0 unspecified atom stereocenters. The predicted molar refractivity (Wildman–Crippen MR) is 135 cm³/mol. The van der Waals surface area contributed by atoms with Crippen LogP contribution in [0, 0.1) is 17.0 Å². The van der Waals surface area contributed by atoms with E-state index in [0.717, 1.165) is 17.2 Å². The molecule has 1 N–H and O–H groups in total. The molecular formula is C25H22ClN5O5. The summed E-state index contributed by atoms with van der Waals surface area (Å²) < 4.78 is 12.3. The van der Waals surface area contributed by atoms with Gasteiger partial charge in [-0.25, -0.2) is 4.68 Å². The Morgan fingerprint density at radius 3 is 2.44 bits per heavy atom. The van der Waals surface area contributed by atoms with Crippen LogP contribution in [0.1, 0.15) is 15.9 Å². The molecule has 3 aromatic carbocycles. The van der Waals surface area contributed by atoms with Crippen molar-refractivity contribution in [2.75, 3.05) is 25.6 Å². The number of aryl methyl sites for hydroxylation is 1. The predicted octanol–water partition coefficient (Wildman–Crippen LogP) is 5.08. The molecule has 0 spiro atoms. The number of ether oxygens (including phenoxy) is 2. The molecule has 0 saturated carbocycles. The molecule has 36 heavy (non-hydrogen) atoms. The lowest BCUT2D eigenvalue weighted by Gasteiger charge is -2.09. The third kappa shape index (κ3) is 5.68. The Bertz CT molecular complexity index is 1390. The number of hydrogen-bond acceptors (Lipinski definition) is 7. The molecule has 1 amide bonds. The van der Waals surface area contributed by atoms with Gasteiger partial charge in [-0.05, 0) is 37.3 Å². The van der Waals surface area contributed by atoms with Gasteiger partial charge in [0, 0.05) is 30.5 Å². The van der Waals surface area contributed by atoms with Gasteiger partial charge >= 0.3 is 6.01 Å². The molecule has 0 atom stereocenters. The number of nitro groups is 1. The lowest BCUT2D eigenvalue weighted by molar-refractivity contribution is -0.384. The summed E-state index contributed by atoms with van der Waals surface area (Å²) in [5, 5.41) is 18.1. The number of rotatable bonds is 9. The summed E-state index contributed by atoms with van der Waals surface area (Å²) in [6.45, 7) is 2.72. The van der Waals surface area contributed by atoms with Gasteiger partial charge in [0.25, 0.3) is 11.6 Å². The first-order valence-corrected chi connectivity index (χ1v) is 11.2. The molecule has 184 valence electrons. The summed E-state index contributed by atoms with van der Waals surface area (Å²) in [4.78, 5) is 27.5. The van der Waals surface area contributed by atoms with Crippen molar-refractivity contribution in [1.29, 1.82) is 0 Å². The first-order valence-electron chi connectivity index (χ1n) is 10.9. The molecule has 0 aliphatic carbocycles. The van der Waals surface area contributed by atoms with E-state index in [4.69, 9.17) is 21.1 Å². The van der Waals surface area contributed by atoms with Crippen molar-refractivity contribution in [3.63, 3.8) is 0 Å². The van der Waals surface area contributed by atoms with Gasteiger partial charge < -0.3 is 14.8 Å². The summed E-state index contributed by atoms with van der Waals surface area (Å²) in [7, 11) is 1.59. The molecule has 1 aromatic heterocycles. The van der Waals surface area contributed by atoms with Crippen molar-refractivity contribution >= 4 is 28.9 Å². The minimum Gasteiger partial charge on any atom is -0.460 e. The fourth-order valence-corrected chi connectivity index (χ4v) is 3.59. The first kappa shape index (κ1) is 24.8. The molecule has 0 saturated heterocycles. The van der Waals surface area contributed by atoms with Gasteiger partial charge in [0.2, 0.25) is 0 Å². The van der Waals surface area contributed by atoms with E-state index in [2.05, 4.69) is 15.4 Å². The molecular weight excluding hydrogens is 486 g/mol. The minimum atomic E-state index is -0.574. The Kier molecular flexibility index (Phi) is 7.57. The summed E-state index contributed by atoms with van der Waals surface area (Å²) in [6.07, 6.45) is 0. The number of hydrogen-bond donors (Lipinski definition) is 1. The van der Waals surface area contributed by atoms with Crippen molar-refractivity contribution in [3.8, 4) is 23.1 Å². The Morgan fingerprint density at radius 1 is 1.08 bits per heavy atom. The quantitative estimate of drug-likeness (QED) is 0.190. The van der Waals surface area contributed by atoms with Crippen molar-refractivity contribution in [3.05, 3.63) is 93.0 Å². The molecule has 10 nitrogen and oxygen atoms in total. The first-order chi connectivity index (χ1) is 17.4. The molecule has 1 heterocycles. The summed E-state index contributed by atoms with van der Waals surface area (Å²) in [5.74, 6) is 0.106. The van der Waals surface area contributed by atoms with Gasteiger partial charge in [0.1, 0.15) is 6.61 Å². The number of nitro benzene ring substituents is 1. The van der Waals surface area contributed by atoms with Gasteiger partial charge in [-0.2, -0.15) is 4.98 Å². The van der Waals surface area contributed by atoms with E-state index in [9.17, 15) is 14.9 Å². The topological polar surface area (TPSA) is 121 Å². The Labute approximate surface area is 211 Å². The van der Waals surface area contributed by atoms with Crippen LogP contribution < -0.4 is 10.1 Å². The zero-order valence-electron chi connectivity index (χ0n) is 19.5. The molecule has 11 heteroatoms. The van der Waals surface area contributed by atoms with Crippen molar-refractivity contribution in [2.45, 2.75) is 6.92 Å². The summed E-state index contributed by atoms with van der Waals surface area (Å²) in [6, 6.07) is 18.8. The van der Waals surface area contributed by atoms with Gasteiger partial charge in [0.05, 0.1) is 27.8 Å². The van der Waals surface area contributed by atoms with Crippen molar-refractivity contribution in [1.82, 2.24) is 14.8 Å². The Balaban J connectivity index is 1.57. The van der Waals surface area contributed by atoms with E-state index in [0.29, 0.717) is 30.4 Å². The fourth-order valence-electron chi connectivity index (χ4n) is 3.33. The lowest BCUT2D eigenvalue weighted by Crippen LogP contribution is -2.12. The van der Waals surface area contributed by atoms with Gasteiger partial charge in [0.15, 0.2) is 5.82 Å². The lowest BCUT2D eigenvalue weighted by atomic mass is 10.1. The Hall–Kier alpha value is -4.28. The van der Waals surface area contributed by atoms with Crippen molar-refractivity contribution < 1.29 is 19.2 Å². The number of nitrogens with zero attached hydrogens (tertiary/aromatic N) is 4. The standard InChI is InChI=1S/C25H22ClN5O5/c1-16-3-5-17(6-4-16)23-28-25(36-14-13-35-2)29-30(23)19-9-7-18(8-10-19)27-24(32)21-12-11-20(31(33)34)15-22(21)26/h3-12,15H,13-14H2,1-2H3,(H,27,32). The fraction of sp³-hybridized carbons (Fsp3) is 0.160. The van der Waals surface area contributed by atoms with Crippen LogP contribution in [0.25, 0.3) is 17.1 Å². The normalized spacial score (nSPS) is 10.8. The second-order valence-corrected chi connectivity index (χ2v) is 8.17. The summed E-state index contributed by atoms with van der Waals surface area (Å²) in [5.41, 5.74) is 3.12. The second-order valence-electron chi connectivity index (χ2n) is 7.76. The van der Waals surface area contributed by atoms with Crippen LogP contribution in [0.3, 0.4) is 0 Å². The maximum absolute atomic E-state index is 12.6. The molecule has 0 fully saturated rings. The molecule has 0 aliphatic heterocycles. The van der Waals surface area contributed by atoms with E-state index < -0.39 is 10.8 Å². The van der Waals surface area contributed by atoms with E-state index in [1.807, 2.05) is 31.2 Å². The highest BCUT2D eigenvalue weighted by molar-refractivity contribution is 6.34. The maximum atomic E-state index is 12.6. The molecule has 4 aromatic rings. The Morgan fingerprint density at radius 2 is 1.81 bits per heavy atom. The van der Waals surface area contributed by atoms with Crippen LogP contribution in [-0.4, -0.2) is 45.9 Å². The second kappa shape index (κ2) is 11.0. The minimum absolute atomic E-state index is 0.00956. The third-order valence-electron chi connectivity index (χ3n) is 5.19. The number of benzene rings is 3. The van der Waals surface area contributed by atoms with Crippen LogP contribution in [0.5, 0.6) is 6.01 Å². The highest BCUT2D eigenvalue weighted by Crippen LogP contribution is 2.26. The van der Waals surface area contributed by atoms with Gasteiger partial charge in [-0.3, -0.25) is 14.9 Å². The number of halogens is 1. The average Bonchev–Trinajstić information content (AvgIpc) is 3.29. The number of amides is 1. The zero-order valence-corrected chi connectivity index (χ0v) is 20.2. The highest BCUT2D eigenvalue weighted by Gasteiger charge is 2.17. The molecule has 4 rings (SSSR count). The van der Waals surface area contributed by atoms with E-state index >= 15 is 0 Å². The van der Waals surface area contributed by atoms with Gasteiger partial charge in [-0.1, -0.05) is 41.4 Å². The number of carbonyl (C=O) groups excluding carboxylic acids is 1. The van der Waals surface area contributed by atoms with Crippen LogP contribution in [-0.2, 0) is 4.74 Å². The van der Waals surface area contributed by atoms with Crippen LogP contribution >= 0.6 is 11.6 Å². The van der Waals surface area contributed by atoms with Gasteiger partial charge in [-0.15, -0.1) is 5.10 Å². The number of non-ortho nitro benzene ring substituents is 1. The maximum Gasteiger partial charge on any atom is 0.336 e. The van der Waals surface area contributed by atoms with E-state index in [1.165, 1.54) is 12.1 Å². The van der Waals surface area contributed by atoms with Crippen LogP contribution in [0.2, 0.25) is 5.02 Å². The highest BCUT2D eigenvalue weighted by atomic mass is 35.5. The SMILES string of the molecule is COCCOc1nc(-c2ccc(C)cc2)n(-c2ccc(NC(=O)c3ccc([N+](=O)[O-])cc3Cl)cc2)n1. The number of carbonyl (C=O) groups is 1.